The molecule has 3 rings (SSSR count). The van der Waals surface area contributed by atoms with Crippen LogP contribution in [0.25, 0.3) is 0 Å². The van der Waals surface area contributed by atoms with E-state index in [1.165, 1.54) is 17.7 Å². The molecule has 2 aromatic carbocycles. The largest absolute Gasteiger partial charge is 0.472 e. The van der Waals surface area contributed by atoms with Gasteiger partial charge in [-0.15, -0.1) is 0 Å². The van der Waals surface area contributed by atoms with Crippen molar-refractivity contribution in [3.8, 4) is 5.75 Å². The summed E-state index contributed by atoms with van der Waals surface area (Å²) in [5.41, 5.74) is 0.223. The maximum absolute atomic E-state index is 12.0. The monoisotopic (exact) mass is 454 g/mol. The Morgan fingerprint density at radius 1 is 0.939 bits per heavy atom. The highest BCUT2D eigenvalue weighted by atomic mass is 16.5. The van der Waals surface area contributed by atoms with Crippen LogP contribution in [0.1, 0.15) is 5.56 Å². The molecule has 0 amide bonds. The second-order valence-electron chi connectivity index (χ2n) is 7.57. The molecule has 2 atom stereocenters. The molecule has 0 saturated heterocycles. The number of aliphatic hydroxyl groups excluding tert-OH is 1. The Morgan fingerprint density at radius 3 is 2.30 bits per heavy atom. The molecule has 2 unspecified atom stereocenters. The molecule has 9 nitrogen and oxygen atoms in total. The van der Waals surface area contributed by atoms with Crippen molar-refractivity contribution in [3.05, 3.63) is 93.1 Å². The number of para-hydroxylation sites is 1. The van der Waals surface area contributed by atoms with Crippen LogP contribution in [0.3, 0.4) is 0 Å². The number of nitrogens with one attached hydrogen (secondary N) is 2. The van der Waals surface area contributed by atoms with Gasteiger partial charge in [-0.05, 0) is 17.7 Å². The van der Waals surface area contributed by atoms with Crippen molar-refractivity contribution in [2.75, 3.05) is 25.0 Å². The van der Waals surface area contributed by atoms with E-state index in [9.17, 15) is 14.7 Å². The molecule has 0 spiro atoms. The lowest BCUT2D eigenvalue weighted by atomic mass is 10.2. The zero-order chi connectivity index (χ0) is 23.6. The molecule has 9 heteroatoms. The molecule has 0 radical (unpaired) electrons. The maximum atomic E-state index is 12.0. The summed E-state index contributed by atoms with van der Waals surface area (Å²) in [6.45, 7) is 1.26. The maximum Gasteiger partial charge on any atom is 0.332 e. The van der Waals surface area contributed by atoms with E-state index in [-0.39, 0.29) is 12.2 Å². The molecular formula is C24H30N4O5. The van der Waals surface area contributed by atoms with Crippen LogP contribution in [0.15, 0.2) is 76.3 Å². The topological polar surface area (TPSA) is 107 Å². The van der Waals surface area contributed by atoms with E-state index in [2.05, 4.69) is 10.6 Å². The fraction of sp³-hybridized carbons (Fsp3) is 0.333. The van der Waals surface area contributed by atoms with Crippen molar-refractivity contribution in [1.29, 1.82) is 0 Å². The minimum Gasteiger partial charge on any atom is -0.472 e. The number of ether oxygens (including phenoxy) is 2. The highest BCUT2D eigenvalue weighted by Gasteiger charge is 2.21. The van der Waals surface area contributed by atoms with Crippen LogP contribution in [0.4, 0.5) is 5.82 Å². The Morgan fingerprint density at radius 2 is 1.61 bits per heavy atom. The van der Waals surface area contributed by atoms with Crippen molar-refractivity contribution < 1.29 is 14.6 Å². The van der Waals surface area contributed by atoms with Crippen LogP contribution in [0.2, 0.25) is 0 Å². The van der Waals surface area contributed by atoms with Gasteiger partial charge in [-0.1, -0.05) is 48.5 Å². The molecule has 3 aromatic rings. The van der Waals surface area contributed by atoms with Gasteiger partial charge in [-0.3, -0.25) is 19.2 Å². The molecule has 0 aliphatic carbocycles. The van der Waals surface area contributed by atoms with Crippen LogP contribution in [-0.4, -0.2) is 46.3 Å². The van der Waals surface area contributed by atoms with Gasteiger partial charge in [0, 0.05) is 33.3 Å². The van der Waals surface area contributed by atoms with Crippen molar-refractivity contribution in [1.82, 2.24) is 14.5 Å². The van der Waals surface area contributed by atoms with Crippen molar-refractivity contribution in [3.63, 3.8) is 0 Å². The van der Waals surface area contributed by atoms with Gasteiger partial charge >= 0.3 is 5.69 Å². The lowest BCUT2D eigenvalue weighted by Crippen LogP contribution is -2.48. The van der Waals surface area contributed by atoms with Crippen LogP contribution >= 0.6 is 0 Å². The van der Waals surface area contributed by atoms with E-state index in [1.807, 2.05) is 48.5 Å². The van der Waals surface area contributed by atoms with Crippen LogP contribution < -0.4 is 26.6 Å². The molecule has 0 bridgehead atoms. The molecule has 33 heavy (non-hydrogen) atoms. The first-order chi connectivity index (χ1) is 16.0. The van der Waals surface area contributed by atoms with Crippen molar-refractivity contribution in [2.24, 2.45) is 14.1 Å². The number of anilines is 1. The predicted molar refractivity (Wildman–Crippen MR) is 126 cm³/mol. The van der Waals surface area contributed by atoms with Gasteiger partial charge in [-0.2, -0.15) is 0 Å². The summed E-state index contributed by atoms with van der Waals surface area (Å²) in [6.07, 6.45) is -1.65. The number of benzene rings is 2. The molecule has 1 heterocycles. The number of hydrogen-bond donors (Lipinski definition) is 3. The first-order valence-corrected chi connectivity index (χ1v) is 10.7. The zero-order valence-corrected chi connectivity index (χ0v) is 18.8. The first kappa shape index (κ1) is 24.2. The third kappa shape index (κ3) is 7.04. The van der Waals surface area contributed by atoms with E-state index in [1.54, 1.807) is 19.2 Å². The average molecular weight is 455 g/mol. The lowest BCUT2D eigenvalue weighted by molar-refractivity contribution is -0.0435. The third-order valence-electron chi connectivity index (χ3n) is 5.06. The normalized spacial score (nSPS) is 12.8. The smallest absolute Gasteiger partial charge is 0.332 e. The van der Waals surface area contributed by atoms with E-state index in [0.29, 0.717) is 31.3 Å². The molecule has 3 N–H and O–H groups in total. The summed E-state index contributed by atoms with van der Waals surface area (Å²) >= 11 is 0. The fourth-order valence-electron chi connectivity index (χ4n) is 3.17. The summed E-state index contributed by atoms with van der Waals surface area (Å²) < 4.78 is 14.0. The molecule has 0 saturated carbocycles. The number of aromatic nitrogens is 2. The molecule has 0 fully saturated rings. The van der Waals surface area contributed by atoms with Gasteiger partial charge in [0.15, 0.2) is 6.23 Å². The highest BCUT2D eigenvalue weighted by molar-refractivity contribution is 5.33. The number of nitrogens with zero attached hydrogens (tertiary/aromatic N) is 2. The van der Waals surface area contributed by atoms with Gasteiger partial charge in [0.05, 0.1) is 13.2 Å². The number of aliphatic hydroxyl groups is 1. The van der Waals surface area contributed by atoms with Crippen molar-refractivity contribution >= 4 is 5.82 Å². The summed E-state index contributed by atoms with van der Waals surface area (Å²) in [6, 6.07) is 20.3. The molecule has 0 aliphatic rings. The van der Waals surface area contributed by atoms with Crippen LogP contribution in [-0.2, 0) is 25.4 Å². The van der Waals surface area contributed by atoms with E-state index in [0.717, 1.165) is 10.1 Å². The standard InChI is InChI=1S/C24H30N4O5/c1-27-21(15-22(30)28(2)24(27)31)25-13-14-26-23(33-19-11-7-4-8-12-19)20(29)17-32-16-18-9-5-3-6-10-18/h3-12,15,20,23,25-26,29H,13-14,16-17H2,1-2H3. The van der Waals surface area contributed by atoms with E-state index in [4.69, 9.17) is 9.47 Å². The summed E-state index contributed by atoms with van der Waals surface area (Å²) in [4.78, 5) is 23.9. The number of hydrogen-bond acceptors (Lipinski definition) is 7. The third-order valence-corrected chi connectivity index (χ3v) is 5.06. The first-order valence-electron chi connectivity index (χ1n) is 10.7. The van der Waals surface area contributed by atoms with E-state index < -0.39 is 18.0 Å². The van der Waals surface area contributed by atoms with Crippen LogP contribution in [0.5, 0.6) is 5.75 Å². The average Bonchev–Trinajstić information content (AvgIpc) is 2.84. The minimum absolute atomic E-state index is 0.0794. The van der Waals surface area contributed by atoms with Gasteiger partial charge in [0.2, 0.25) is 0 Å². The Bertz CT molecular complexity index is 1120. The van der Waals surface area contributed by atoms with Crippen LogP contribution in [0, 0.1) is 0 Å². The van der Waals surface area contributed by atoms with Gasteiger partial charge in [0.25, 0.3) is 5.56 Å². The molecular weight excluding hydrogens is 424 g/mol. The minimum atomic E-state index is -0.928. The molecule has 0 aliphatic heterocycles. The second-order valence-corrected chi connectivity index (χ2v) is 7.57. The Balaban J connectivity index is 1.56. The zero-order valence-electron chi connectivity index (χ0n) is 18.8. The SMILES string of the molecule is Cn1c(NCCNC(Oc2ccccc2)C(O)COCc2ccccc2)cc(=O)n(C)c1=O. The fourth-order valence-corrected chi connectivity index (χ4v) is 3.17. The Labute approximate surface area is 192 Å². The Hall–Kier alpha value is -3.40. The summed E-state index contributed by atoms with van der Waals surface area (Å²) in [7, 11) is 3.02. The quantitative estimate of drug-likeness (QED) is 0.278. The van der Waals surface area contributed by atoms with E-state index >= 15 is 0 Å². The van der Waals surface area contributed by atoms with Crippen molar-refractivity contribution in [2.45, 2.75) is 18.9 Å². The van der Waals surface area contributed by atoms with Gasteiger partial charge in [-0.25, -0.2) is 4.79 Å². The second kappa shape index (κ2) is 12.0. The lowest BCUT2D eigenvalue weighted by Gasteiger charge is -2.25. The van der Waals surface area contributed by atoms with Gasteiger partial charge in [0.1, 0.15) is 17.7 Å². The molecule has 176 valence electrons. The highest BCUT2D eigenvalue weighted by Crippen LogP contribution is 2.12. The predicted octanol–water partition coefficient (Wildman–Crippen LogP) is 1.07. The summed E-state index contributed by atoms with van der Waals surface area (Å²) in [5.74, 6) is 1.02. The molecule has 1 aromatic heterocycles. The summed E-state index contributed by atoms with van der Waals surface area (Å²) in [5, 5.41) is 16.9. The Kier molecular flexibility index (Phi) is 8.82. The van der Waals surface area contributed by atoms with Gasteiger partial charge < -0.3 is 19.9 Å². The number of rotatable bonds is 12.